The van der Waals surface area contributed by atoms with E-state index in [0.29, 0.717) is 6.61 Å². The van der Waals surface area contributed by atoms with Crippen molar-refractivity contribution in [3.8, 4) is 0 Å². The second-order valence-corrected chi connectivity index (χ2v) is 3.19. The fourth-order valence-corrected chi connectivity index (χ4v) is 1.13. The Bertz CT molecular complexity index is 59.8. The molecule has 0 saturated heterocycles. The standard InChI is InChI=1S/C4H13NO3Si/c1-3-4-7-9(6-2)8-5/h9H,3-5H2,1-2H3. The van der Waals surface area contributed by atoms with Gasteiger partial charge in [0.15, 0.2) is 0 Å². The van der Waals surface area contributed by atoms with Gasteiger partial charge < -0.3 is 8.85 Å². The maximum Gasteiger partial charge on any atom is 0.500 e. The zero-order chi connectivity index (χ0) is 7.11. The number of rotatable bonds is 5. The minimum atomic E-state index is -1.93. The van der Waals surface area contributed by atoms with Gasteiger partial charge in [-0.3, -0.25) is 4.53 Å². The quantitative estimate of drug-likeness (QED) is 0.432. The van der Waals surface area contributed by atoms with Crippen LogP contribution in [0.4, 0.5) is 0 Å². The van der Waals surface area contributed by atoms with E-state index in [9.17, 15) is 0 Å². The fourth-order valence-electron chi connectivity index (χ4n) is 0.377. The lowest BCUT2D eigenvalue weighted by atomic mass is 10.5. The van der Waals surface area contributed by atoms with Crippen LogP contribution in [0.1, 0.15) is 13.3 Å². The molecular formula is C4H13NO3Si. The molecule has 0 saturated carbocycles. The Morgan fingerprint density at radius 2 is 2.22 bits per heavy atom. The summed E-state index contributed by atoms with van der Waals surface area (Å²) in [6.07, 6.45) is 0.955. The highest BCUT2D eigenvalue weighted by molar-refractivity contribution is 6.36. The first-order valence-electron chi connectivity index (χ1n) is 2.85. The Hall–Kier alpha value is 0.0569. The molecule has 4 nitrogen and oxygen atoms in total. The van der Waals surface area contributed by atoms with Crippen LogP contribution < -0.4 is 5.90 Å². The van der Waals surface area contributed by atoms with Crippen molar-refractivity contribution in [2.75, 3.05) is 13.7 Å². The van der Waals surface area contributed by atoms with Crippen molar-refractivity contribution in [3.05, 3.63) is 0 Å². The molecule has 0 aromatic rings. The first kappa shape index (κ1) is 9.06. The molecule has 0 spiro atoms. The van der Waals surface area contributed by atoms with Gasteiger partial charge in [-0.1, -0.05) is 6.92 Å². The minimum absolute atomic E-state index is 0.655. The smallest absolute Gasteiger partial charge is 0.378 e. The molecule has 0 amide bonds. The Morgan fingerprint density at radius 3 is 2.56 bits per heavy atom. The molecule has 0 aliphatic heterocycles. The third-order valence-corrected chi connectivity index (χ3v) is 1.88. The van der Waals surface area contributed by atoms with Crippen molar-refractivity contribution in [3.63, 3.8) is 0 Å². The SMILES string of the molecule is CCCO[SiH](OC)ON. The van der Waals surface area contributed by atoms with Gasteiger partial charge in [-0.15, -0.1) is 0 Å². The maximum atomic E-state index is 5.06. The average molecular weight is 151 g/mol. The first-order valence-corrected chi connectivity index (χ1v) is 4.26. The molecule has 0 heterocycles. The second-order valence-electron chi connectivity index (χ2n) is 1.53. The summed E-state index contributed by atoms with van der Waals surface area (Å²) in [5.74, 6) is 4.84. The van der Waals surface area contributed by atoms with E-state index in [-0.39, 0.29) is 0 Å². The van der Waals surface area contributed by atoms with Crippen LogP contribution in [0.5, 0.6) is 0 Å². The number of hydrogen-bond acceptors (Lipinski definition) is 4. The minimum Gasteiger partial charge on any atom is -0.378 e. The molecule has 1 atom stereocenters. The van der Waals surface area contributed by atoms with E-state index in [4.69, 9.17) is 14.7 Å². The van der Waals surface area contributed by atoms with Crippen LogP contribution in [0, 0.1) is 0 Å². The van der Waals surface area contributed by atoms with Crippen molar-refractivity contribution >= 4 is 9.53 Å². The van der Waals surface area contributed by atoms with Crippen molar-refractivity contribution < 1.29 is 13.4 Å². The summed E-state index contributed by atoms with van der Waals surface area (Å²) in [5.41, 5.74) is 0. The Morgan fingerprint density at radius 1 is 1.56 bits per heavy atom. The molecule has 0 rings (SSSR count). The zero-order valence-electron chi connectivity index (χ0n) is 5.79. The number of hydrogen-bond donors (Lipinski definition) is 1. The summed E-state index contributed by atoms with van der Waals surface area (Å²) in [5, 5.41) is 0. The van der Waals surface area contributed by atoms with E-state index in [0.717, 1.165) is 6.42 Å². The third-order valence-electron chi connectivity index (χ3n) is 0.762. The molecule has 1 unspecified atom stereocenters. The average Bonchev–Trinajstić information content (AvgIpc) is 1.91. The van der Waals surface area contributed by atoms with Gasteiger partial charge in [0.25, 0.3) is 0 Å². The van der Waals surface area contributed by atoms with Crippen LogP contribution in [-0.2, 0) is 13.4 Å². The lowest BCUT2D eigenvalue weighted by molar-refractivity contribution is 0.114. The monoisotopic (exact) mass is 151 g/mol. The molecule has 0 aliphatic carbocycles. The van der Waals surface area contributed by atoms with Gasteiger partial charge in [-0.2, -0.15) is 0 Å². The van der Waals surface area contributed by atoms with Crippen molar-refractivity contribution in [1.82, 2.24) is 0 Å². The predicted octanol–water partition coefficient (Wildman–Crippen LogP) is -0.333. The topological polar surface area (TPSA) is 53.7 Å². The summed E-state index contributed by atoms with van der Waals surface area (Å²) in [6.45, 7) is 2.67. The molecular weight excluding hydrogens is 138 g/mol. The Labute approximate surface area is 56.8 Å². The van der Waals surface area contributed by atoms with Crippen LogP contribution in [0.3, 0.4) is 0 Å². The van der Waals surface area contributed by atoms with E-state index in [2.05, 4.69) is 4.53 Å². The van der Waals surface area contributed by atoms with Crippen molar-refractivity contribution in [2.24, 2.45) is 5.90 Å². The largest absolute Gasteiger partial charge is 0.500 e. The lowest BCUT2D eigenvalue weighted by Crippen LogP contribution is -2.29. The van der Waals surface area contributed by atoms with Crippen LogP contribution in [0.25, 0.3) is 0 Å². The fraction of sp³-hybridized carbons (Fsp3) is 1.00. The van der Waals surface area contributed by atoms with Gasteiger partial charge >= 0.3 is 9.53 Å². The van der Waals surface area contributed by atoms with Crippen molar-refractivity contribution in [2.45, 2.75) is 13.3 Å². The third kappa shape index (κ3) is 4.55. The molecule has 5 heteroatoms. The summed E-state index contributed by atoms with van der Waals surface area (Å²) in [4.78, 5) is 0. The van der Waals surface area contributed by atoms with E-state index in [1.807, 2.05) is 6.92 Å². The van der Waals surface area contributed by atoms with Gasteiger partial charge in [-0.25, -0.2) is 5.90 Å². The molecule has 0 aliphatic rings. The number of nitrogens with two attached hydrogens (primary N) is 1. The van der Waals surface area contributed by atoms with Crippen LogP contribution in [0.2, 0.25) is 0 Å². The molecule has 2 N–H and O–H groups in total. The normalized spacial score (nSPS) is 13.7. The van der Waals surface area contributed by atoms with Crippen LogP contribution in [0.15, 0.2) is 0 Å². The summed E-state index contributed by atoms with van der Waals surface area (Å²) in [6, 6.07) is 0. The van der Waals surface area contributed by atoms with E-state index < -0.39 is 9.53 Å². The van der Waals surface area contributed by atoms with Crippen LogP contribution >= 0.6 is 0 Å². The van der Waals surface area contributed by atoms with Gasteiger partial charge in [0.1, 0.15) is 0 Å². The van der Waals surface area contributed by atoms with Gasteiger partial charge in [0, 0.05) is 13.7 Å². The summed E-state index contributed by atoms with van der Waals surface area (Å²) in [7, 11) is -0.405. The second kappa shape index (κ2) is 6.18. The molecule has 9 heavy (non-hydrogen) atoms. The first-order chi connectivity index (χ1) is 4.35. The van der Waals surface area contributed by atoms with Gasteiger partial charge in [-0.05, 0) is 6.42 Å². The van der Waals surface area contributed by atoms with E-state index >= 15 is 0 Å². The highest BCUT2D eigenvalue weighted by atomic mass is 28.3. The lowest BCUT2D eigenvalue weighted by Gasteiger charge is -2.08. The molecule has 0 aromatic heterocycles. The molecule has 0 bridgehead atoms. The zero-order valence-corrected chi connectivity index (χ0v) is 6.95. The highest BCUT2D eigenvalue weighted by Gasteiger charge is 2.09. The molecule has 0 radical (unpaired) electrons. The van der Waals surface area contributed by atoms with Gasteiger partial charge in [0.2, 0.25) is 0 Å². The summed E-state index contributed by atoms with van der Waals surface area (Å²) < 4.78 is 14.2. The summed E-state index contributed by atoms with van der Waals surface area (Å²) >= 11 is 0. The molecule has 56 valence electrons. The van der Waals surface area contributed by atoms with Gasteiger partial charge in [0.05, 0.1) is 0 Å². The molecule has 0 aromatic carbocycles. The highest BCUT2D eigenvalue weighted by Crippen LogP contribution is 1.87. The van der Waals surface area contributed by atoms with Crippen LogP contribution in [-0.4, -0.2) is 23.2 Å². The Balaban J connectivity index is 3.09. The van der Waals surface area contributed by atoms with E-state index in [1.165, 1.54) is 7.11 Å². The van der Waals surface area contributed by atoms with Crippen molar-refractivity contribution in [1.29, 1.82) is 0 Å². The Kier molecular flexibility index (Phi) is 6.22. The van der Waals surface area contributed by atoms with E-state index in [1.54, 1.807) is 0 Å². The molecule has 0 fully saturated rings. The predicted molar refractivity (Wildman–Crippen MR) is 35.7 cm³/mol. The maximum absolute atomic E-state index is 5.06.